The number of nitrogens with zero attached hydrogens (tertiary/aromatic N) is 2. The predicted molar refractivity (Wildman–Crippen MR) is 98.6 cm³/mol. The van der Waals surface area contributed by atoms with Crippen molar-refractivity contribution in [3.63, 3.8) is 0 Å². The van der Waals surface area contributed by atoms with E-state index < -0.39 is 9.28 Å². The number of hydrogen-bond acceptors (Lipinski definition) is 4. The van der Waals surface area contributed by atoms with Crippen molar-refractivity contribution in [3.05, 3.63) is 0 Å². The van der Waals surface area contributed by atoms with E-state index in [9.17, 15) is 0 Å². The molecule has 0 aromatic heterocycles. The molecule has 4 nitrogen and oxygen atoms in total. The minimum Gasteiger partial charge on any atom is -0.393 e. The van der Waals surface area contributed by atoms with E-state index in [0.717, 1.165) is 22.7 Å². The van der Waals surface area contributed by atoms with Crippen LogP contribution >= 0.6 is 0 Å². The molecule has 0 amide bonds. The van der Waals surface area contributed by atoms with Gasteiger partial charge in [0.05, 0.1) is 9.52 Å². The number of hydrogen-bond donors (Lipinski definition) is 0. The second-order valence-electron chi connectivity index (χ2n) is 6.19. The highest BCUT2D eigenvalue weighted by atomic mass is 28.3. The molecule has 0 aliphatic heterocycles. The van der Waals surface area contributed by atoms with Crippen LogP contribution in [0.5, 0.6) is 0 Å². The third-order valence-electron chi connectivity index (χ3n) is 3.59. The van der Waals surface area contributed by atoms with Gasteiger partial charge in [0.15, 0.2) is 0 Å². The van der Waals surface area contributed by atoms with Crippen LogP contribution in [0.15, 0.2) is 0 Å². The standard InChI is InChI=1S/C16H37N2O2Si2/c1-8-19-22(20-9-2)15(3)13-11-10-12-14-21-16(17(4)5)18(6)7/h15-16H,8-14H2,1-7H3. The van der Waals surface area contributed by atoms with Crippen LogP contribution in [-0.2, 0) is 8.85 Å². The Hall–Kier alpha value is 0.274. The fourth-order valence-electron chi connectivity index (χ4n) is 2.54. The van der Waals surface area contributed by atoms with Gasteiger partial charge in [0.1, 0.15) is 0 Å². The van der Waals surface area contributed by atoms with Crippen LogP contribution in [0.4, 0.5) is 0 Å². The van der Waals surface area contributed by atoms with E-state index in [1.54, 1.807) is 0 Å². The Morgan fingerprint density at radius 1 is 0.909 bits per heavy atom. The molecule has 0 saturated heterocycles. The minimum atomic E-state index is -1.06. The van der Waals surface area contributed by atoms with Gasteiger partial charge in [0.25, 0.3) is 0 Å². The summed E-state index contributed by atoms with van der Waals surface area (Å²) in [5, 5.41) is 0. The van der Waals surface area contributed by atoms with Crippen LogP contribution in [0.2, 0.25) is 11.6 Å². The maximum Gasteiger partial charge on any atom is 0.387 e. The number of rotatable bonds is 14. The first-order chi connectivity index (χ1) is 10.4. The molecule has 22 heavy (non-hydrogen) atoms. The summed E-state index contributed by atoms with van der Waals surface area (Å²) >= 11 is 0. The molecule has 0 heterocycles. The lowest BCUT2D eigenvalue weighted by atomic mass is 10.2. The molecule has 0 aromatic carbocycles. The smallest absolute Gasteiger partial charge is 0.387 e. The fourth-order valence-corrected chi connectivity index (χ4v) is 5.64. The van der Waals surface area contributed by atoms with Crippen LogP contribution in [0, 0.1) is 0 Å². The zero-order valence-corrected chi connectivity index (χ0v) is 17.8. The topological polar surface area (TPSA) is 24.9 Å². The van der Waals surface area contributed by atoms with Crippen molar-refractivity contribution < 1.29 is 8.85 Å². The van der Waals surface area contributed by atoms with E-state index in [2.05, 4.69) is 58.8 Å². The van der Waals surface area contributed by atoms with Crippen molar-refractivity contribution in [1.29, 1.82) is 0 Å². The van der Waals surface area contributed by atoms with Crippen LogP contribution in [0.3, 0.4) is 0 Å². The SMILES string of the molecule is CCO[Si](OCC)C(C)CCCCC[Si]C(N(C)C)N(C)C. The average molecular weight is 346 g/mol. The normalized spacial score (nSPS) is 13.8. The first-order valence-electron chi connectivity index (χ1n) is 8.62. The molecule has 0 fully saturated rings. The van der Waals surface area contributed by atoms with Crippen molar-refractivity contribution in [1.82, 2.24) is 9.80 Å². The summed E-state index contributed by atoms with van der Waals surface area (Å²) in [4.78, 5) is 4.64. The van der Waals surface area contributed by atoms with E-state index >= 15 is 0 Å². The van der Waals surface area contributed by atoms with Crippen LogP contribution in [-0.4, -0.2) is 75.8 Å². The van der Waals surface area contributed by atoms with Crippen molar-refractivity contribution >= 4 is 18.8 Å². The van der Waals surface area contributed by atoms with Gasteiger partial charge in [-0.3, -0.25) is 9.80 Å². The van der Waals surface area contributed by atoms with E-state index in [4.69, 9.17) is 8.85 Å². The lowest BCUT2D eigenvalue weighted by Crippen LogP contribution is -2.44. The van der Waals surface area contributed by atoms with Gasteiger partial charge >= 0.3 is 9.28 Å². The van der Waals surface area contributed by atoms with Gasteiger partial charge in [0.2, 0.25) is 0 Å². The lowest BCUT2D eigenvalue weighted by Gasteiger charge is -2.30. The summed E-state index contributed by atoms with van der Waals surface area (Å²) in [5.41, 5.74) is 0.587. The van der Waals surface area contributed by atoms with Gasteiger partial charge in [-0.25, -0.2) is 0 Å². The third-order valence-corrected chi connectivity index (χ3v) is 7.87. The summed E-state index contributed by atoms with van der Waals surface area (Å²) in [5.74, 6) is 0.588. The highest BCUT2D eigenvalue weighted by molar-refractivity contribution is 6.46. The van der Waals surface area contributed by atoms with Crippen molar-refractivity contribution in [2.75, 3.05) is 41.4 Å². The summed E-state index contributed by atoms with van der Waals surface area (Å²) < 4.78 is 11.6. The Labute approximate surface area is 143 Å². The molecule has 1 unspecified atom stereocenters. The van der Waals surface area contributed by atoms with Gasteiger partial charge in [-0.1, -0.05) is 32.2 Å². The predicted octanol–water partition coefficient (Wildman–Crippen LogP) is 3.03. The number of unbranched alkanes of at least 4 members (excludes halogenated alkanes) is 2. The molecule has 6 heteroatoms. The monoisotopic (exact) mass is 345 g/mol. The first-order valence-corrected chi connectivity index (χ1v) is 11.3. The van der Waals surface area contributed by atoms with Crippen LogP contribution in [0.1, 0.15) is 46.5 Å². The third kappa shape index (κ3) is 10.1. The molecule has 3 radical (unpaired) electrons. The maximum atomic E-state index is 5.78. The molecule has 0 bridgehead atoms. The Bertz CT molecular complexity index is 242. The summed E-state index contributed by atoms with van der Waals surface area (Å²) in [6.45, 7) is 7.95. The molecule has 0 rings (SSSR count). The second-order valence-corrected chi connectivity index (χ2v) is 9.82. The lowest BCUT2D eigenvalue weighted by molar-refractivity contribution is 0.200. The molecule has 1 atom stereocenters. The van der Waals surface area contributed by atoms with Crippen molar-refractivity contribution in [3.8, 4) is 0 Å². The molecule has 0 spiro atoms. The van der Waals surface area contributed by atoms with Crippen molar-refractivity contribution in [2.45, 2.75) is 63.8 Å². The summed E-state index contributed by atoms with van der Waals surface area (Å²) in [6, 6.07) is 1.34. The minimum absolute atomic E-state index is 0.587. The molecule has 0 aliphatic carbocycles. The molecule has 0 saturated carbocycles. The second kappa shape index (κ2) is 13.7. The van der Waals surface area contributed by atoms with Gasteiger partial charge in [-0.2, -0.15) is 0 Å². The first kappa shape index (κ1) is 22.3. The zero-order chi connectivity index (χ0) is 17.0. The Morgan fingerprint density at radius 3 is 1.91 bits per heavy atom. The summed E-state index contributed by atoms with van der Waals surface area (Å²) in [7, 11) is 8.61. The largest absolute Gasteiger partial charge is 0.393 e. The molecule has 0 aliphatic rings. The van der Waals surface area contributed by atoms with Gasteiger partial charge in [-0.05, 0) is 48.5 Å². The Balaban J connectivity index is 3.79. The van der Waals surface area contributed by atoms with Gasteiger partial charge in [0, 0.05) is 24.5 Å². The fraction of sp³-hybridized carbons (Fsp3) is 1.00. The van der Waals surface area contributed by atoms with Crippen molar-refractivity contribution in [2.24, 2.45) is 0 Å². The van der Waals surface area contributed by atoms with E-state index in [-0.39, 0.29) is 0 Å². The molecular weight excluding hydrogens is 308 g/mol. The zero-order valence-electron chi connectivity index (χ0n) is 15.8. The molecule has 0 aromatic rings. The maximum absolute atomic E-state index is 5.78. The molecule has 131 valence electrons. The highest BCUT2D eigenvalue weighted by Gasteiger charge is 2.23. The quantitative estimate of drug-likeness (QED) is 0.274. The van der Waals surface area contributed by atoms with E-state index in [1.807, 2.05) is 0 Å². The van der Waals surface area contributed by atoms with E-state index in [1.165, 1.54) is 31.7 Å². The highest BCUT2D eigenvalue weighted by Crippen LogP contribution is 2.20. The van der Waals surface area contributed by atoms with Crippen LogP contribution in [0.25, 0.3) is 0 Å². The van der Waals surface area contributed by atoms with Gasteiger partial charge in [-0.15, -0.1) is 0 Å². The average Bonchev–Trinajstić information content (AvgIpc) is 2.45. The van der Waals surface area contributed by atoms with Crippen LogP contribution < -0.4 is 0 Å². The molecular formula is C16H37N2O2Si2. The summed E-state index contributed by atoms with van der Waals surface area (Å²) in [6.07, 6.45) is 5.21. The van der Waals surface area contributed by atoms with E-state index in [0.29, 0.717) is 11.3 Å². The Morgan fingerprint density at radius 2 is 1.45 bits per heavy atom. The molecule has 0 N–H and O–H groups in total. The van der Waals surface area contributed by atoms with Gasteiger partial charge < -0.3 is 8.85 Å². The Kier molecular flexibility index (Phi) is 13.9.